The van der Waals surface area contributed by atoms with Crippen LogP contribution in [0.4, 0.5) is 5.69 Å². The first kappa shape index (κ1) is 15.4. The monoisotopic (exact) mass is 350 g/mol. The number of aromatic nitrogens is 3. The van der Waals surface area contributed by atoms with E-state index in [0.717, 1.165) is 0 Å². The van der Waals surface area contributed by atoms with Crippen LogP contribution >= 0.6 is 46.6 Å². The summed E-state index contributed by atoms with van der Waals surface area (Å²) >= 11 is 18.9. The van der Waals surface area contributed by atoms with Crippen molar-refractivity contribution >= 4 is 58.2 Å². The van der Waals surface area contributed by atoms with Crippen LogP contribution in [0.5, 0.6) is 0 Å². The van der Waals surface area contributed by atoms with Crippen molar-refractivity contribution in [3.05, 3.63) is 33.5 Å². The number of hydrogen-bond donors (Lipinski definition) is 1. The summed E-state index contributed by atoms with van der Waals surface area (Å²) in [4.78, 5) is 11.8. The van der Waals surface area contributed by atoms with Gasteiger partial charge < -0.3 is 9.88 Å². The Hall–Kier alpha value is -0.950. The van der Waals surface area contributed by atoms with E-state index in [-0.39, 0.29) is 11.7 Å². The molecule has 0 fully saturated rings. The van der Waals surface area contributed by atoms with Crippen molar-refractivity contribution in [1.82, 2.24) is 14.8 Å². The lowest BCUT2D eigenvalue weighted by Gasteiger charge is -2.08. The molecule has 0 aliphatic carbocycles. The number of benzene rings is 1. The highest BCUT2D eigenvalue weighted by Gasteiger charge is 2.11. The highest BCUT2D eigenvalue weighted by molar-refractivity contribution is 7.99. The third-order valence-electron chi connectivity index (χ3n) is 2.29. The highest BCUT2D eigenvalue weighted by atomic mass is 35.5. The largest absolute Gasteiger partial charge is 0.324 e. The van der Waals surface area contributed by atoms with Gasteiger partial charge in [0.25, 0.3) is 0 Å². The molecule has 0 unspecified atom stereocenters. The SMILES string of the molecule is Cn1cnnc1SCC(=O)Nc1cc(Cl)c(Cl)cc1Cl. The second kappa shape index (κ2) is 6.67. The fourth-order valence-electron chi connectivity index (χ4n) is 1.34. The van der Waals surface area contributed by atoms with Crippen molar-refractivity contribution in [2.75, 3.05) is 11.1 Å². The lowest BCUT2D eigenvalue weighted by atomic mass is 10.3. The number of amides is 1. The standard InChI is InChI=1S/C11H9Cl3N4OS/c1-18-5-15-17-11(18)20-4-10(19)16-9-3-7(13)6(12)2-8(9)14/h2-3,5H,4H2,1H3,(H,16,19). The summed E-state index contributed by atoms with van der Waals surface area (Å²) in [6.07, 6.45) is 1.57. The molecular formula is C11H9Cl3N4OS. The van der Waals surface area contributed by atoms with Gasteiger partial charge in [0.2, 0.25) is 5.91 Å². The Morgan fingerprint density at radius 3 is 2.65 bits per heavy atom. The third-order valence-corrected chi connectivity index (χ3v) is 4.36. The Bertz CT molecular complexity index is 647. The molecule has 0 aliphatic heterocycles. The Kier molecular flexibility index (Phi) is 5.15. The van der Waals surface area contributed by atoms with E-state index in [1.165, 1.54) is 23.9 Å². The quantitative estimate of drug-likeness (QED) is 0.676. The third kappa shape index (κ3) is 3.79. The van der Waals surface area contributed by atoms with Gasteiger partial charge in [-0.3, -0.25) is 4.79 Å². The van der Waals surface area contributed by atoms with E-state index in [1.54, 1.807) is 17.9 Å². The molecule has 0 saturated heterocycles. The molecule has 1 heterocycles. The number of carbonyl (C=O) groups excluding carboxylic acids is 1. The molecule has 5 nitrogen and oxygen atoms in total. The van der Waals surface area contributed by atoms with E-state index in [0.29, 0.717) is 25.9 Å². The molecule has 0 saturated carbocycles. The fourth-order valence-corrected chi connectivity index (χ4v) is 2.62. The molecule has 20 heavy (non-hydrogen) atoms. The lowest BCUT2D eigenvalue weighted by molar-refractivity contribution is -0.113. The molecular weight excluding hydrogens is 343 g/mol. The number of nitrogens with one attached hydrogen (secondary N) is 1. The van der Waals surface area contributed by atoms with Crippen LogP contribution in [-0.2, 0) is 11.8 Å². The predicted molar refractivity (Wildman–Crippen MR) is 81.8 cm³/mol. The summed E-state index contributed by atoms with van der Waals surface area (Å²) in [7, 11) is 1.80. The number of thioether (sulfide) groups is 1. The zero-order valence-electron chi connectivity index (χ0n) is 10.2. The van der Waals surface area contributed by atoms with E-state index < -0.39 is 0 Å². The Labute approximate surface area is 134 Å². The summed E-state index contributed by atoms with van der Waals surface area (Å²) in [5.41, 5.74) is 0.421. The van der Waals surface area contributed by atoms with Gasteiger partial charge in [0.1, 0.15) is 6.33 Å². The van der Waals surface area contributed by atoms with Crippen LogP contribution < -0.4 is 5.32 Å². The van der Waals surface area contributed by atoms with Crippen LogP contribution in [0, 0.1) is 0 Å². The molecule has 2 rings (SSSR count). The van der Waals surface area contributed by atoms with Crippen LogP contribution in [0.2, 0.25) is 15.1 Å². The average molecular weight is 352 g/mol. The summed E-state index contributed by atoms with van der Waals surface area (Å²) < 4.78 is 1.73. The summed E-state index contributed by atoms with van der Waals surface area (Å²) in [5.74, 6) is -0.0402. The van der Waals surface area contributed by atoms with Crippen LogP contribution in [0.25, 0.3) is 0 Å². The van der Waals surface area contributed by atoms with Crippen molar-refractivity contribution < 1.29 is 4.79 Å². The van der Waals surface area contributed by atoms with Gasteiger partial charge in [-0.1, -0.05) is 46.6 Å². The molecule has 9 heteroatoms. The second-order valence-electron chi connectivity index (χ2n) is 3.81. The van der Waals surface area contributed by atoms with Gasteiger partial charge in [-0.05, 0) is 12.1 Å². The minimum Gasteiger partial charge on any atom is -0.324 e. The van der Waals surface area contributed by atoms with Crippen LogP contribution in [0.3, 0.4) is 0 Å². The second-order valence-corrected chi connectivity index (χ2v) is 5.97. The molecule has 1 aromatic heterocycles. The molecule has 1 N–H and O–H groups in total. The van der Waals surface area contributed by atoms with Crippen molar-refractivity contribution in [2.45, 2.75) is 5.16 Å². The average Bonchev–Trinajstić information content (AvgIpc) is 2.79. The van der Waals surface area contributed by atoms with Crippen molar-refractivity contribution in [3.63, 3.8) is 0 Å². The molecule has 0 bridgehead atoms. The maximum absolute atomic E-state index is 11.8. The van der Waals surface area contributed by atoms with Crippen molar-refractivity contribution in [3.8, 4) is 0 Å². The normalized spacial score (nSPS) is 10.6. The zero-order valence-corrected chi connectivity index (χ0v) is 13.3. The molecule has 0 spiro atoms. The maximum atomic E-state index is 11.8. The molecule has 106 valence electrons. The van der Waals surface area contributed by atoms with Crippen LogP contribution in [0.15, 0.2) is 23.6 Å². The van der Waals surface area contributed by atoms with Gasteiger partial charge in [0.15, 0.2) is 5.16 Å². The Balaban J connectivity index is 1.98. The van der Waals surface area contributed by atoms with Crippen molar-refractivity contribution in [1.29, 1.82) is 0 Å². The fraction of sp³-hybridized carbons (Fsp3) is 0.182. The molecule has 0 radical (unpaired) electrons. The molecule has 2 aromatic rings. The minimum atomic E-state index is -0.224. The van der Waals surface area contributed by atoms with Gasteiger partial charge in [-0.2, -0.15) is 0 Å². The lowest BCUT2D eigenvalue weighted by Crippen LogP contribution is -2.14. The molecule has 1 aromatic carbocycles. The first-order chi connectivity index (χ1) is 9.47. The number of aryl methyl sites for hydroxylation is 1. The van der Waals surface area contributed by atoms with Gasteiger partial charge in [-0.15, -0.1) is 10.2 Å². The summed E-state index contributed by atoms with van der Waals surface area (Å²) in [5, 5.41) is 11.9. The number of rotatable bonds is 4. The van der Waals surface area contributed by atoms with E-state index in [1.807, 2.05) is 0 Å². The molecule has 1 amide bonds. The smallest absolute Gasteiger partial charge is 0.234 e. The highest BCUT2D eigenvalue weighted by Crippen LogP contribution is 2.32. The maximum Gasteiger partial charge on any atom is 0.234 e. The predicted octanol–water partition coefficient (Wildman–Crippen LogP) is 3.51. The van der Waals surface area contributed by atoms with E-state index >= 15 is 0 Å². The number of halogens is 3. The Morgan fingerprint density at radius 2 is 2.00 bits per heavy atom. The first-order valence-corrected chi connectivity index (χ1v) is 7.50. The number of anilines is 1. The van der Waals surface area contributed by atoms with Crippen LogP contribution in [-0.4, -0.2) is 26.4 Å². The Morgan fingerprint density at radius 1 is 1.30 bits per heavy atom. The van der Waals surface area contributed by atoms with E-state index in [9.17, 15) is 4.79 Å². The van der Waals surface area contributed by atoms with E-state index in [4.69, 9.17) is 34.8 Å². The topological polar surface area (TPSA) is 59.8 Å². The number of hydrogen-bond acceptors (Lipinski definition) is 4. The van der Waals surface area contributed by atoms with Crippen LogP contribution in [0.1, 0.15) is 0 Å². The van der Waals surface area contributed by atoms with Crippen molar-refractivity contribution in [2.24, 2.45) is 7.05 Å². The number of nitrogens with zero attached hydrogens (tertiary/aromatic N) is 3. The zero-order chi connectivity index (χ0) is 14.7. The van der Waals surface area contributed by atoms with E-state index in [2.05, 4.69) is 15.5 Å². The number of carbonyl (C=O) groups is 1. The molecule has 0 aliphatic rings. The summed E-state index contributed by atoms with van der Waals surface area (Å²) in [6, 6.07) is 2.99. The van der Waals surface area contributed by atoms with Gasteiger partial charge >= 0.3 is 0 Å². The molecule has 0 atom stereocenters. The minimum absolute atomic E-state index is 0.184. The van der Waals surface area contributed by atoms with Gasteiger partial charge in [0, 0.05) is 7.05 Å². The summed E-state index contributed by atoms with van der Waals surface area (Å²) in [6.45, 7) is 0. The first-order valence-electron chi connectivity index (χ1n) is 5.38. The van der Waals surface area contributed by atoms with Gasteiger partial charge in [0.05, 0.1) is 26.5 Å². The van der Waals surface area contributed by atoms with Gasteiger partial charge in [-0.25, -0.2) is 0 Å².